The van der Waals surface area contributed by atoms with Crippen molar-refractivity contribution in [2.75, 3.05) is 20.3 Å². The van der Waals surface area contributed by atoms with Crippen molar-refractivity contribution in [1.29, 1.82) is 0 Å². The summed E-state index contributed by atoms with van der Waals surface area (Å²) in [6.07, 6.45) is 3.40. The molecule has 0 spiro atoms. The fraction of sp³-hybridized carbons (Fsp3) is 0.400. The van der Waals surface area contributed by atoms with E-state index in [0.29, 0.717) is 12.2 Å². The minimum atomic E-state index is -0.997. The molecule has 0 saturated heterocycles. The zero-order chi connectivity index (χ0) is 15.9. The van der Waals surface area contributed by atoms with Gasteiger partial charge in [0.25, 0.3) is 0 Å². The molecule has 0 fully saturated rings. The Morgan fingerprint density at radius 2 is 2.10 bits per heavy atom. The van der Waals surface area contributed by atoms with Crippen LogP contribution in [-0.2, 0) is 4.79 Å². The number of aliphatic hydroxyl groups excluding tert-OH is 2. The van der Waals surface area contributed by atoms with Crippen molar-refractivity contribution in [2.45, 2.75) is 18.9 Å². The Bertz CT molecular complexity index is 504. The van der Waals surface area contributed by atoms with E-state index in [1.165, 1.54) is 6.08 Å². The van der Waals surface area contributed by atoms with E-state index in [0.717, 1.165) is 10.0 Å². The SMILES string of the molecule is CCC(CO)(CO)NC(=O)/C=C/c1cc(Br)ccc1OC. The lowest BCUT2D eigenvalue weighted by Gasteiger charge is -2.29. The van der Waals surface area contributed by atoms with Gasteiger partial charge >= 0.3 is 0 Å². The van der Waals surface area contributed by atoms with Gasteiger partial charge in [-0.3, -0.25) is 4.79 Å². The van der Waals surface area contributed by atoms with E-state index in [2.05, 4.69) is 21.2 Å². The molecule has 0 aromatic heterocycles. The van der Waals surface area contributed by atoms with Gasteiger partial charge in [0.15, 0.2) is 0 Å². The van der Waals surface area contributed by atoms with E-state index in [1.54, 1.807) is 26.2 Å². The normalized spacial score (nSPS) is 11.7. The molecule has 6 heteroatoms. The second-order valence-corrected chi connectivity index (χ2v) is 5.57. The van der Waals surface area contributed by atoms with Crippen LogP contribution in [-0.4, -0.2) is 42.0 Å². The first kappa shape index (κ1) is 17.7. The van der Waals surface area contributed by atoms with Gasteiger partial charge < -0.3 is 20.3 Å². The molecule has 116 valence electrons. The number of carbonyl (C=O) groups excluding carboxylic acids is 1. The number of carbonyl (C=O) groups is 1. The molecule has 0 unspecified atom stereocenters. The van der Waals surface area contributed by atoms with Crippen molar-refractivity contribution < 1.29 is 19.7 Å². The third-order valence-electron chi connectivity index (χ3n) is 3.28. The molecular formula is C15H20BrNO4. The molecule has 0 radical (unpaired) electrons. The third-order valence-corrected chi connectivity index (χ3v) is 3.77. The van der Waals surface area contributed by atoms with Gasteiger partial charge in [0.1, 0.15) is 5.75 Å². The summed E-state index contributed by atoms with van der Waals surface area (Å²) in [6.45, 7) is 1.15. The minimum absolute atomic E-state index is 0.320. The van der Waals surface area contributed by atoms with Gasteiger partial charge in [-0.25, -0.2) is 0 Å². The van der Waals surface area contributed by atoms with Crippen LogP contribution in [0.1, 0.15) is 18.9 Å². The Balaban J connectivity index is 2.85. The lowest BCUT2D eigenvalue weighted by Crippen LogP contribution is -2.53. The first-order chi connectivity index (χ1) is 10.00. The molecule has 1 amide bonds. The lowest BCUT2D eigenvalue weighted by molar-refractivity contribution is -0.119. The zero-order valence-electron chi connectivity index (χ0n) is 12.1. The molecule has 5 nitrogen and oxygen atoms in total. The topological polar surface area (TPSA) is 78.8 Å². The predicted octanol–water partition coefficient (Wildman–Crippen LogP) is 1.72. The molecular weight excluding hydrogens is 338 g/mol. The molecule has 0 saturated carbocycles. The number of amides is 1. The standard InChI is InChI=1S/C15H20BrNO4/c1-3-15(9-18,10-19)17-14(20)7-4-11-8-12(16)5-6-13(11)21-2/h4-8,18-19H,3,9-10H2,1-2H3,(H,17,20)/b7-4+. The average Bonchev–Trinajstić information content (AvgIpc) is 2.51. The Labute approximate surface area is 132 Å². The molecule has 0 heterocycles. The molecule has 3 N–H and O–H groups in total. The Morgan fingerprint density at radius 3 is 2.62 bits per heavy atom. The highest BCUT2D eigenvalue weighted by Gasteiger charge is 2.27. The van der Waals surface area contributed by atoms with Crippen molar-refractivity contribution >= 4 is 27.9 Å². The van der Waals surface area contributed by atoms with Crippen LogP contribution in [0.4, 0.5) is 0 Å². The molecule has 0 aliphatic heterocycles. The van der Waals surface area contributed by atoms with Crippen LogP contribution in [0.2, 0.25) is 0 Å². The van der Waals surface area contributed by atoms with Crippen LogP contribution in [0.3, 0.4) is 0 Å². The summed E-state index contributed by atoms with van der Waals surface area (Å²) in [6, 6.07) is 5.46. The summed E-state index contributed by atoms with van der Waals surface area (Å²) in [5, 5.41) is 21.2. The van der Waals surface area contributed by atoms with Crippen LogP contribution < -0.4 is 10.1 Å². The van der Waals surface area contributed by atoms with Crippen LogP contribution in [0, 0.1) is 0 Å². The lowest BCUT2D eigenvalue weighted by atomic mass is 9.98. The second-order valence-electron chi connectivity index (χ2n) is 4.66. The molecule has 0 aliphatic carbocycles. The Morgan fingerprint density at radius 1 is 1.43 bits per heavy atom. The number of nitrogens with one attached hydrogen (secondary N) is 1. The van der Waals surface area contributed by atoms with Gasteiger partial charge in [-0.1, -0.05) is 22.9 Å². The number of halogens is 1. The summed E-state index contributed by atoms with van der Waals surface area (Å²) < 4.78 is 6.09. The summed E-state index contributed by atoms with van der Waals surface area (Å²) in [4.78, 5) is 11.9. The van der Waals surface area contributed by atoms with Crippen LogP contribution >= 0.6 is 15.9 Å². The highest BCUT2D eigenvalue weighted by molar-refractivity contribution is 9.10. The number of ether oxygens (including phenoxy) is 1. The summed E-state index contributed by atoms with van der Waals surface area (Å²) >= 11 is 3.36. The minimum Gasteiger partial charge on any atom is -0.496 e. The van der Waals surface area contributed by atoms with Gasteiger partial charge in [-0.15, -0.1) is 0 Å². The van der Waals surface area contributed by atoms with Crippen LogP contribution in [0.15, 0.2) is 28.7 Å². The number of methoxy groups -OCH3 is 1. The maximum Gasteiger partial charge on any atom is 0.244 e. The van der Waals surface area contributed by atoms with E-state index in [1.807, 2.05) is 12.1 Å². The second kappa shape index (κ2) is 8.17. The summed E-state index contributed by atoms with van der Waals surface area (Å²) in [5.41, 5.74) is -0.250. The largest absolute Gasteiger partial charge is 0.496 e. The monoisotopic (exact) mass is 357 g/mol. The Kier molecular flexibility index (Phi) is 6.87. The molecule has 0 aliphatic rings. The molecule has 0 atom stereocenters. The number of rotatable bonds is 7. The van der Waals surface area contributed by atoms with E-state index < -0.39 is 5.54 Å². The molecule has 1 aromatic carbocycles. The fourth-order valence-electron chi connectivity index (χ4n) is 1.74. The van der Waals surface area contributed by atoms with Gasteiger partial charge in [-0.05, 0) is 30.7 Å². The zero-order valence-corrected chi connectivity index (χ0v) is 13.7. The highest BCUT2D eigenvalue weighted by atomic mass is 79.9. The van der Waals surface area contributed by atoms with Crippen LogP contribution in [0.25, 0.3) is 6.08 Å². The fourth-order valence-corrected chi connectivity index (χ4v) is 2.12. The van der Waals surface area contributed by atoms with E-state index in [9.17, 15) is 15.0 Å². The van der Waals surface area contributed by atoms with Crippen LogP contribution in [0.5, 0.6) is 5.75 Å². The number of hydrogen-bond donors (Lipinski definition) is 3. The number of benzene rings is 1. The molecule has 21 heavy (non-hydrogen) atoms. The quantitative estimate of drug-likeness (QED) is 0.649. The smallest absolute Gasteiger partial charge is 0.244 e. The van der Waals surface area contributed by atoms with Crippen molar-refractivity contribution in [3.63, 3.8) is 0 Å². The van der Waals surface area contributed by atoms with Crippen molar-refractivity contribution in [3.05, 3.63) is 34.3 Å². The van der Waals surface area contributed by atoms with Gasteiger partial charge in [0, 0.05) is 16.1 Å². The Hall–Kier alpha value is -1.37. The average molecular weight is 358 g/mol. The highest BCUT2D eigenvalue weighted by Crippen LogP contribution is 2.24. The van der Waals surface area contributed by atoms with Gasteiger partial charge in [0.05, 0.1) is 25.9 Å². The van der Waals surface area contributed by atoms with E-state index in [4.69, 9.17) is 4.74 Å². The first-order valence-corrected chi connectivity index (χ1v) is 7.35. The van der Waals surface area contributed by atoms with Gasteiger partial charge in [-0.2, -0.15) is 0 Å². The van der Waals surface area contributed by atoms with Crippen molar-refractivity contribution in [1.82, 2.24) is 5.32 Å². The van der Waals surface area contributed by atoms with Crippen molar-refractivity contribution in [2.24, 2.45) is 0 Å². The summed E-state index contributed by atoms with van der Waals surface area (Å²) in [7, 11) is 1.56. The number of hydrogen-bond acceptors (Lipinski definition) is 4. The first-order valence-electron chi connectivity index (χ1n) is 6.55. The third kappa shape index (κ3) is 4.84. The van der Waals surface area contributed by atoms with Crippen molar-refractivity contribution in [3.8, 4) is 5.75 Å². The summed E-state index contributed by atoms with van der Waals surface area (Å²) in [5.74, 6) is 0.260. The molecule has 0 bridgehead atoms. The van der Waals surface area contributed by atoms with E-state index >= 15 is 0 Å². The maximum atomic E-state index is 11.9. The molecule has 1 aromatic rings. The number of aliphatic hydroxyl groups is 2. The maximum absolute atomic E-state index is 11.9. The van der Waals surface area contributed by atoms with E-state index in [-0.39, 0.29) is 19.1 Å². The molecule has 1 rings (SSSR count). The predicted molar refractivity (Wildman–Crippen MR) is 85.1 cm³/mol. The van der Waals surface area contributed by atoms with Gasteiger partial charge in [0.2, 0.25) is 5.91 Å².